The number of ether oxygens (including phenoxy) is 2. The molecule has 0 fully saturated rings. The lowest BCUT2D eigenvalue weighted by atomic mass is 10.1. The molecule has 0 saturated carbocycles. The maximum atomic E-state index is 12.6. The first-order valence-corrected chi connectivity index (χ1v) is 9.34. The van der Waals surface area contributed by atoms with E-state index in [2.05, 4.69) is 29.2 Å². The summed E-state index contributed by atoms with van der Waals surface area (Å²) >= 11 is 1.31. The van der Waals surface area contributed by atoms with Crippen molar-refractivity contribution in [1.82, 2.24) is 4.98 Å². The van der Waals surface area contributed by atoms with Crippen LogP contribution >= 0.6 is 11.3 Å². The summed E-state index contributed by atoms with van der Waals surface area (Å²) in [5.74, 6) is 1.02. The quantitative estimate of drug-likeness (QED) is 0.439. The lowest BCUT2D eigenvalue weighted by Gasteiger charge is -2.11. The number of methoxy groups -OCH3 is 1. The minimum atomic E-state index is -0.139. The van der Waals surface area contributed by atoms with Gasteiger partial charge < -0.3 is 9.47 Å². The van der Waals surface area contributed by atoms with Crippen molar-refractivity contribution < 1.29 is 14.3 Å². The van der Waals surface area contributed by atoms with Gasteiger partial charge in [-0.15, -0.1) is 11.3 Å². The average Bonchev–Trinajstić information content (AvgIpc) is 3.26. The molecule has 134 valence electrons. The van der Waals surface area contributed by atoms with Crippen molar-refractivity contribution in [1.29, 1.82) is 0 Å². The van der Waals surface area contributed by atoms with Gasteiger partial charge in [0.05, 0.1) is 7.11 Å². The highest BCUT2D eigenvalue weighted by atomic mass is 32.1. The molecule has 0 unspecified atom stereocenters. The van der Waals surface area contributed by atoms with Crippen LogP contribution < -0.4 is 9.47 Å². The van der Waals surface area contributed by atoms with Gasteiger partial charge in [-0.2, -0.15) is 0 Å². The molecular weight excluding hydrogens is 358 g/mol. The first kappa shape index (κ1) is 17.2. The molecule has 0 amide bonds. The predicted octanol–water partition coefficient (Wildman–Crippen LogP) is 5.11. The molecular formula is C22H17NO3S. The number of ketones is 1. The normalized spacial score (nSPS) is 10.7. The zero-order chi connectivity index (χ0) is 18.6. The van der Waals surface area contributed by atoms with Gasteiger partial charge in [-0.05, 0) is 34.5 Å². The van der Waals surface area contributed by atoms with Crippen molar-refractivity contribution in [3.05, 3.63) is 88.4 Å². The van der Waals surface area contributed by atoms with Gasteiger partial charge in [-0.25, -0.2) is 4.98 Å². The predicted molar refractivity (Wildman–Crippen MR) is 107 cm³/mol. The van der Waals surface area contributed by atoms with E-state index in [1.54, 1.807) is 36.9 Å². The van der Waals surface area contributed by atoms with Gasteiger partial charge in [0.1, 0.15) is 18.1 Å². The second kappa shape index (κ2) is 7.60. The molecule has 5 heteroatoms. The van der Waals surface area contributed by atoms with Crippen LogP contribution in [0.1, 0.15) is 20.9 Å². The number of rotatable bonds is 6. The summed E-state index contributed by atoms with van der Waals surface area (Å²) in [6, 6.07) is 19.6. The standard InChI is InChI=1S/C22H17NO3S/c1-25-19-11-18(21(24)22-23-8-9-27-22)12-20(13-19)26-14-15-6-7-16-4-2-3-5-17(16)10-15/h2-13H,14H2,1H3. The van der Waals surface area contributed by atoms with Crippen LogP contribution in [0.15, 0.2) is 72.2 Å². The number of aromatic nitrogens is 1. The second-order valence-corrected chi connectivity index (χ2v) is 6.93. The zero-order valence-corrected chi connectivity index (χ0v) is 15.5. The Bertz CT molecular complexity index is 1090. The SMILES string of the molecule is COc1cc(OCc2ccc3ccccc3c2)cc(C(=O)c2nccs2)c1. The van der Waals surface area contributed by atoms with Gasteiger partial charge in [0.2, 0.25) is 5.78 Å². The number of nitrogens with zero attached hydrogens (tertiary/aromatic N) is 1. The van der Waals surface area contributed by atoms with Gasteiger partial charge >= 0.3 is 0 Å². The Kier molecular flexibility index (Phi) is 4.85. The molecule has 4 nitrogen and oxygen atoms in total. The van der Waals surface area contributed by atoms with E-state index in [9.17, 15) is 4.79 Å². The number of carbonyl (C=O) groups excluding carboxylic acids is 1. The Morgan fingerprint density at radius 1 is 1.00 bits per heavy atom. The van der Waals surface area contributed by atoms with Crippen LogP contribution in [0.4, 0.5) is 0 Å². The van der Waals surface area contributed by atoms with Crippen molar-refractivity contribution in [2.45, 2.75) is 6.61 Å². The van der Waals surface area contributed by atoms with Crippen molar-refractivity contribution in [2.75, 3.05) is 7.11 Å². The van der Waals surface area contributed by atoms with E-state index in [0.29, 0.717) is 28.7 Å². The molecule has 0 N–H and O–H groups in total. The third-order valence-corrected chi connectivity index (χ3v) is 5.00. The zero-order valence-electron chi connectivity index (χ0n) is 14.7. The molecule has 0 atom stereocenters. The Hall–Kier alpha value is -3.18. The van der Waals surface area contributed by atoms with Gasteiger partial charge in [0.15, 0.2) is 5.01 Å². The molecule has 0 saturated heterocycles. The first-order valence-electron chi connectivity index (χ1n) is 8.47. The van der Waals surface area contributed by atoms with Crippen LogP contribution in [0.3, 0.4) is 0 Å². The first-order chi connectivity index (χ1) is 13.2. The summed E-state index contributed by atoms with van der Waals surface area (Å²) in [7, 11) is 1.57. The van der Waals surface area contributed by atoms with Crippen LogP contribution in [-0.4, -0.2) is 17.9 Å². The maximum Gasteiger partial charge on any atom is 0.221 e. The van der Waals surface area contributed by atoms with Crippen molar-refractivity contribution in [3.63, 3.8) is 0 Å². The highest BCUT2D eigenvalue weighted by Crippen LogP contribution is 2.26. The fourth-order valence-electron chi connectivity index (χ4n) is 2.86. The molecule has 1 heterocycles. The number of hydrogen-bond acceptors (Lipinski definition) is 5. The summed E-state index contributed by atoms with van der Waals surface area (Å²) in [6.07, 6.45) is 1.62. The van der Waals surface area contributed by atoms with Crippen LogP contribution in [0.25, 0.3) is 10.8 Å². The van der Waals surface area contributed by atoms with Crippen LogP contribution in [0.5, 0.6) is 11.5 Å². The number of benzene rings is 3. The highest BCUT2D eigenvalue weighted by Gasteiger charge is 2.14. The fourth-order valence-corrected chi connectivity index (χ4v) is 3.46. The topological polar surface area (TPSA) is 48.4 Å². The summed E-state index contributed by atoms with van der Waals surface area (Å²) in [4.78, 5) is 16.7. The van der Waals surface area contributed by atoms with E-state index >= 15 is 0 Å². The van der Waals surface area contributed by atoms with Crippen molar-refractivity contribution >= 4 is 27.9 Å². The fraction of sp³-hybridized carbons (Fsp3) is 0.0909. The average molecular weight is 375 g/mol. The Labute approximate surface area is 161 Å². The number of thiazole rings is 1. The lowest BCUT2D eigenvalue weighted by molar-refractivity contribution is 0.103. The van der Waals surface area contributed by atoms with E-state index < -0.39 is 0 Å². The maximum absolute atomic E-state index is 12.6. The molecule has 0 spiro atoms. The Morgan fingerprint density at radius 3 is 2.59 bits per heavy atom. The number of carbonyl (C=O) groups is 1. The molecule has 0 aliphatic rings. The van der Waals surface area contributed by atoms with Crippen molar-refractivity contribution in [3.8, 4) is 11.5 Å². The summed E-state index contributed by atoms with van der Waals surface area (Å²) in [5, 5.41) is 4.59. The molecule has 0 radical (unpaired) electrons. The smallest absolute Gasteiger partial charge is 0.221 e. The number of fused-ring (bicyclic) bond motifs is 1. The minimum absolute atomic E-state index is 0.139. The molecule has 27 heavy (non-hydrogen) atoms. The van der Waals surface area contributed by atoms with Crippen LogP contribution in [0, 0.1) is 0 Å². The van der Waals surface area contributed by atoms with Crippen LogP contribution in [-0.2, 0) is 6.61 Å². The molecule has 0 bridgehead atoms. The Balaban J connectivity index is 1.57. The Morgan fingerprint density at radius 2 is 1.81 bits per heavy atom. The summed E-state index contributed by atoms with van der Waals surface area (Å²) < 4.78 is 11.3. The summed E-state index contributed by atoms with van der Waals surface area (Å²) in [5.41, 5.74) is 1.56. The molecule has 4 rings (SSSR count). The van der Waals surface area contributed by atoms with E-state index in [4.69, 9.17) is 9.47 Å². The van der Waals surface area contributed by atoms with Crippen LogP contribution in [0.2, 0.25) is 0 Å². The largest absolute Gasteiger partial charge is 0.497 e. The molecule has 4 aromatic rings. The molecule has 0 aliphatic heterocycles. The van der Waals surface area contributed by atoms with E-state index in [0.717, 1.165) is 5.56 Å². The van der Waals surface area contributed by atoms with E-state index in [-0.39, 0.29) is 5.78 Å². The highest BCUT2D eigenvalue weighted by molar-refractivity contribution is 7.11. The monoisotopic (exact) mass is 375 g/mol. The molecule has 1 aromatic heterocycles. The van der Waals surface area contributed by atoms with Gasteiger partial charge in [0.25, 0.3) is 0 Å². The number of hydrogen-bond donors (Lipinski definition) is 0. The van der Waals surface area contributed by atoms with Gasteiger partial charge in [-0.1, -0.05) is 36.4 Å². The second-order valence-electron chi connectivity index (χ2n) is 6.03. The minimum Gasteiger partial charge on any atom is -0.497 e. The van der Waals surface area contributed by atoms with Gasteiger partial charge in [-0.3, -0.25) is 4.79 Å². The molecule has 3 aromatic carbocycles. The van der Waals surface area contributed by atoms with Crippen molar-refractivity contribution in [2.24, 2.45) is 0 Å². The third kappa shape index (κ3) is 3.83. The third-order valence-electron chi connectivity index (χ3n) is 4.22. The van der Waals surface area contributed by atoms with Gasteiger partial charge in [0, 0.05) is 23.2 Å². The summed E-state index contributed by atoms with van der Waals surface area (Å²) in [6.45, 7) is 0.406. The lowest BCUT2D eigenvalue weighted by Crippen LogP contribution is -2.03. The molecule has 0 aliphatic carbocycles. The van der Waals surface area contributed by atoms with E-state index in [1.165, 1.54) is 22.1 Å². The van der Waals surface area contributed by atoms with E-state index in [1.807, 2.05) is 18.2 Å².